The Bertz CT molecular complexity index is 312. The first kappa shape index (κ1) is 10.4. The third-order valence-electron chi connectivity index (χ3n) is 2.82. The van der Waals surface area contributed by atoms with E-state index in [9.17, 15) is 4.39 Å². The minimum absolute atomic E-state index is 0.296. The Labute approximate surface area is 89.1 Å². The van der Waals surface area contributed by atoms with Crippen molar-refractivity contribution in [2.45, 2.75) is 31.8 Å². The number of hydrogen-bond acceptors (Lipinski definition) is 3. The van der Waals surface area contributed by atoms with E-state index in [4.69, 9.17) is 0 Å². The molecule has 4 heteroatoms. The normalized spacial score (nSPS) is 26.3. The largest absolute Gasteiger partial charge is 0.366 e. The molecule has 2 atom stereocenters. The second kappa shape index (κ2) is 4.57. The number of rotatable bonds is 2. The van der Waals surface area contributed by atoms with E-state index in [2.05, 4.69) is 22.5 Å². The van der Waals surface area contributed by atoms with Gasteiger partial charge in [-0.25, -0.2) is 9.37 Å². The second-order valence-electron chi connectivity index (χ2n) is 4.00. The van der Waals surface area contributed by atoms with E-state index in [1.54, 1.807) is 6.07 Å². The van der Waals surface area contributed by atoms with Crippen LogP contribution in [-0.2, 0) is 0 Å². The molecule has 2 unspecified atom stereocenters. The lowest BCUT2D eigenvalue weighted by Crippen LogP contribution is -2.46. The highest BCUT2D eigenvalue weighted by Gasteiger charge is 2.20. The SMILES string of the molecule is CC1NCCCC1Nc1ccc(F)cn1. The van der Waals surface area contributed by atoms with Gasteiger partial charge in [0.15, 0.2) is 0 Å². The molecule has 1 saturated heterocycles. The van der Waals surface area contributed by atoms with Crippen LogP contribution in [0.4, 0.5) is 10.2 Å². The maximum Gasteiger partial charge on any atom is 0.141 e. The van der Waals surface area contributed by atoms with E-state index in [-0.39, 0.29) is 5.82 Å². The molecule has 2 N–H and O–H groups in total. The van der Waals surface area contributed by atoms with Gasteiger partial charge in [0.25, 0.3) is 0 Å². The van der Waals surface area contributed by atoms with Crippen molar-refractivity contribution in [3.05, 3.63) is 24.1 Å². The first-order valence-corrected chi connectivity index (χ1v) is 5.37. The van der Waals surface area contributed by atoms with Gasteiger partial charge in [-0.1, -0.05) is 0 Å². The van der Waals surface area contributed by atoms with Gasteiger partial charge in [0.1, 0.15) is 11.6 Å². The molecule has 0 bridgehead atoms. The van der Waals surface area contributed by atoms with Crippen molar-refractivity contribution in [2.24, 2.45) is 0 Å². The molecule has 0 spiro atoms. The number of nitrogens with one attached hydrogen (secondary N) is 2. The van der Waals surface area contributed by atoms with Gasteiger partial charge in [0.2, 0.25) is 0 Å². The van der Waals surface area contributed by atoms with Crippen LogP contribution < -0.4 is 10.6 Å². The van der Waals surface area contributed by atoms with Crippen molar-refractivity contribution in [3.8, 4) is 0 Å². The zero-order chi connectivity index (χ0) is 10.7. The van der Waals surface area contributed by atoms with Gasteiger partial charge in [0.05, 0.1) is 6.20 Å². The maximum atomic E-state index is 12.6. The molecule has 0 aromatic carbocycles. The van der Waals surface area contributed by atoms with Crippen molar-refractivity contribution in [1.82, 2.24) is 10.3 Å². The molecule has 0 aliphatic carbocycles. The summed E-state index contributed by atoms with van der Waals surface area (Å²) in [5.74, 6) is 0.451. The van der Waals surface area contributed by atoms with E-state index in [1.807, 2.05) is 0 Å². The molecule has 0 amide bonds. The van der Waals surface area contributed by atoms with E-state index >= 15 is 0 Å². The van der Waals surface area contributed by atoms with Crippen LogP contribution >= 0.6 is 0 Å². The van der Waals surface area contributed by atoms with Crippen molar-refractivity contribution < 1.29 is 4.39 Å². The molecule has 1 aromatic rings. The fourth-order valence-corrected chi connectivity index (χ4v) is 1.89. The van der Waals surface area contributed by atoms with Crippen molar-refractivity contribution in [1.29, 1.82) is 0 Å². The summed E-state index contributed by atoms with van der Waals surface area (Å²) in [6.07, 6.45) is 3.54. The van der Waals surface area contributed by atoms with Gasteiger partial charge >= 0.3 is 0 Å². The summed E-state index contributed by atoms with van der Waals surface area (Å²) >= 11 is 0. The van der Waals surface area contributed by atoms with Crippen molar-refractivity contribution in [3.63, 3.8) is 0 Å². The fourth-order valence-electron chi connectivity index (χ4n) is 1.89. The lowest BCUT2D eigenvalue weighted by molar-refractivity contribution is 0.388. The average molecular weight is 209 g/mol. The molecular weight excluding hydrogens is 193 g/mol. The predicted molar refractivity (Wildman–Crippen MR) is 58.3 cm³/mol. The molecular formula is C11H16FN3. The van der Waals surface area contributed by atoms with E-state index < -0.39 is 0 Å². The number of nitrogens with zero attached hydrogens (tertiary/aromatic N) is 1. The molecule has 2 heterocycles. The topological polar surface area (TPSA) is 37.0 Å². The molecule has 0 saturated carbocycles. The Hall–Kier alpha value is -1.16. The third kappa shape index (κ3) is 2.65. The first-order chi connectivity index (χ1) is 7.25. The van der Waals surface area contributed by atoms with Gasteiger partial charge < -0.3 is 10.6 Å². The number of aromatic nitrogens is 1. The Kier molecular flexibility index (Phi) is 3.16. The summed E-state index contributed by atoms with van der Waals surface area (Å²) in [4.78, 5) is 3.99. The lowest BCUT2D eigenvalue weighted by atomic mass is 10.00. The molecule has 1 fully saturated rings. The zero-order valence-corrected chi connectivity index (χ0v) is 8.83. The van der Waals surface area contributed by atoms with Crippen LogP contribution in [0.3, 0.4) is 0 Å². The van der Waals surface area contributed by atoms with Gasteiger partial charge in [0, 0.05) is 12.1 Å². The molecule has 1 aromatic heterocycles. The highest BCUT2D eigenvalue weighted by atomic mass is 19.1. The number of halogens is 1. The summed E-state index contributed by atoms with van der Waals surface area (Å²) in [6, 6.07) is 3.93. The molecule has 3 nitrogen and oxygen atoms in total. The minimum atomic E-state index is -0.296. The first-order valence-electron chi connectivity index (χ1n) is 5.37. The maximum absolute atomic E-state index is 12.6. The number of hydrogen-bond donors (Lipinski definition) is 2. The third-order valence-corrected chi connectivity index (χ3v) is 2.82. The fraction of sp³-hybridized carbons (Fsp3) is 0.545. The molecule has 2 rings (SSSR count). The van der Waals surface area contributed by atoms with Crippen molar-refractivity contribution in [2.75, 3.05) is 11.9 Å². The average Bonchev–Trinajstić information content (AvgIpc) is 2.25. The number of pyridine rings is 1. The van der Waals surface area contributed by atoms with Crippen molar-refractivity contribution >= 4 is 5.82 Å². The summed E-state index contributed by atoms with van der Waals surface area (Å²) in [5.41, 5.74) is 0. The lowest BCUT2D eigenvalue weighted by Gasteiger charge is -2.30. The van der Waals surface area contributed by atoms with E-state index in [1.165, 1.54) is 18.7 Å². The minimum Gasteiger partial charge on any atom is -0.366 e. The van der Waals surface area contributed by atoms with Gasteiger partial charge in [-0.2, -0.15) is 0 Å². The smallest absolute Gasteiger partial charge is 0.141 e. The Morgan fingerprint density at radius 1 is 1.53 bits per heavy atom. The van der Waals surface area contributed by atoms with Crippen LogP contribution in [0.1, 0.15) is 19.8 Å². The molecule has 82 valence electrons. The Balaban J connectivity index is 1.98. The summed E-state index contributed by atoms with van der Waals surface area (Å²) in [5, 5.41) is 6.72. The van der Waals surface area contributed by atoms with Crippen LogP contribution in [-0.4, -0.2) is 23.6 Å². The molecule has 1 aliphatic heterocycles. The molecule has 1 aliphatic rings. The van der Waals surface area contributed by atoms with Crippen LogP contribution in [0.5, 0.6) is 0 Å². The van der Waals surface area contributed by atoms with Crippen LogP contribution in [0, 0.1) is 5.82 Å². The standard InChI is InChI=1S/C11H16FN3/c1-8-10(3-2-6-13-8)15-11-5-4-9(12)7-14-11/h4-5,7-8,10,13H,2-3,6H2,1H3,(H,14,15). The van der Waals surface area contributed by atoms with Gasteiger partial charge in [-0.05, 0) is 38.4 Å². The number of piperidine rings is 1. The van der Waals surface area contributed by atoms with Crippen LogP contribution in [0.2, 0.25) is 0 Å². The summed E-state index contributed by atoms with van der Waals surface area (Å²) in [6.45, 7) is 3.23. The highest BCUT2D eigenvalue weighted by Crippen LogP contribution is 2.14. The predicted octanol–water partition coefficient (Wildman–Crippen LogP) is 1.77. The van der Waals surface area contributed by atoms with Crippen LogP contribution in [0.25, 0.3) is 0 Å². The van der Waals surface area contributed by atoms with E-state index in [0.717, 1.165) is 18.8 Å². The summed E-state index contributed by atoms with van der Waals surface area (Å²) in [7, 11) is 0. The van der Waals surface area contributed by atoms with Gasteiger partial charge in [-0.15, -0.1) is 0 Å². The Morgan fingerprint density at radius 3 is 3.07 bits per heavy atom. The van der Waals surface area contributed by atoms with Gasteiger partial charge in [-0.3, -0.25) is 0 Å². The zero-order valence-electron chi connectivity index (χ0n) is 8.83. The summed E-state index contributed by atoms with van der Waals surface area (Å²) < 4.78 is 12.6. The molecule has 0 radical (unpaired) electrons. The van der Waals surface area contributed by atoms with Crippen LogP contribution in [0.15, 0.2) is 18.3 Å². The Morgan fingerprint density at radius 2 is 2.40 bits per heavy atom. The quantitative estimate of drug-likeness (QED) is 0.779. The van der Waals surface area contributed by atoms with E-state index in [0.29, 0.717) is 12.1 Å². The highest BCUT2D eigenvalue weighted by molar-refractivity contribution is 5.35. The molecule has 15 heavy (non-hydrogen) atoms. The second-order valence-corrected chi connectivity index (χ2v) is 4.00. The number of anilines is 1. The monoisotopic (exact) mass is 209 g/mol.